The predicted octanol–water partition coefficient (Wildman–Crippen LogP) is 5.05. The maximum absolute atomic E-state index is 2.43. The molecule has 0 bridgehead atoms. The van der Waals surface area contributed by atoms with Crippen molar-refractivity contribution >= 4 is 24.8 Å². The Labute approximate surface area is 125 Å². The number of allylic oxidation sites excluding steroid dienone is 4. The summed E-state index contributed by atoms with van der Waals surface area (Å²) in [5.41, 5.74) is 3.76. The summed E-state index contributed by atoms with van der Waals surface area (Å²) in [7, 11) is 0. The van der Waals surface area contributed by atoms with E-state index in [0.717, 1.165) is 0 Å². The van der Waals surface area contributed by atoms with Crippen LogP contribution in [0, 0.1) is 10.8 Å². The van der Waals surface area contributed by atoms with Gasteiger partial charge in [-0.1, -0.05) is 0 Å². The summed E-state index contributed by atoms with van der Waals surface area (Å²) in [6.45, 7) is 13.8. The Morgan fingerprint density at radius 3 is 1.56 bits per heavy atom. The first kappa shape index (κ1) is 19.1. The second-order valence-corrected chi connectivity index (χ2v) is 7.18. The van der Waals surface area contributed by atoms with Crippen LogP contribution in [0.3, 0.4) is 0 Å². The number of hydrogen-bond acceptors (Lipinski definition) is 0. The molecule has 1 aliphatic carbocycles. The SMILES string of the molecule is CC(C)(C)C1=CC(C(C)(C)C)=[C]([Ti])C1.Cl.Cl. The first-order chi connectivity index (χ1) is 6.12. The zero-order chi connectivity index (χ0) is 11.1. The van der Waals surface area contributed by atoms with E-state index >= 15 is 0 Å². The van der Waals surface area contributed by atoms with E-state index in [4.69, 9.17) is 0 Å². The molecule has 0 saturated carbocycles. The quantitative estimate of drug-likeness (QED) is 0.549. The van der Waals surface area contributed by atoms with Gasteiger partial charge >= 0.3 is 100 Å². The Hall–Kier alpha value is 0.774. The van der Waals surface area contributed by atoms with Gasteiger partial charge in [0, 0.05) is 0 Å². The molecule has 0 unspecified atom stereocenters. The molecule has 0 nitrogen and oxygen atoms in total. The first-order valence-corrected chi connectivity index (χ1v) is 6.07. The largest absolute Gasteiger partial charge is 0.147 e. The van der Waals surface area contributed by atoms with E-state index in [1.165, 1.54) is 6.42 Å². The van der Waals surface area contributed by atoms with Crippen LogP contribution in [-0.2, 0) is 20.4 Å². The average Bonchev–Trinajstić information content (AvgIpc) is 2.27. The summed E-state index contributed by atoms with van der Waals surface area (Å²) in [5.74, 6) is 0. The Morgan fingerprint density at radius 1 is 0.938 bits per heavy atom. The summed E-state index contributed by atoms with van der Waals surface area (Å²) < 4.78 is 1.56. The molecule has 1 aliphatic rings. The second-order valence-electron chi connectivity index (χ2n) is 6.24. The minimum absolute atomic E-state index is 0. The normalized spacial score (nSPS) is 16.4. The van der Waals surface area contributed by atoms with Gasteiger partial charge in [-0.05, 0) is 0 Å². The fourth-order valence-corrected chi connectivity index (χ4v) is 2.74. The van der Waals surface area contributed by atoms with Gasteiger partial charge in [-0.2, -0.15) is 0 Å². The zero-order valence-corrected chi connectivity index (χ0v) is 14.3. The number of rotatable bonds is 0. The fourth-order valence-electron chi connectivity index (χ4n) is 1.75. The van der Waals surface area contributed by atoms with Crippen molar-refractivity contribution in [2.75, 3.05) is 0 Å². The molecule has 0 fully saturated rings. The van der Waals surface area contributed by atoms with Crippen LogP contribution in [0.4, 0.5) is 0 Å². The van der Waals surface area contributed by atoms with Crippen molar-refractivity contribution in [3.63, 3.8) is 0 Å². The van der Waals surface area contributed by atoms with E-state index in [-0.39, 0.29) is 24.8 Å². The molecular formula is C13H23Cl2Ti. The molecule has 0 aromatic rings. The Bertz CT molecular complexity index is 301. The van der Waals surface area contributed by atoms with Crippen LogP contribution in [0.5, 0.6) is 0 Å². The molecule has 16 heavy (non-hydrogen) atoms. The van der Waals surface area contributed by atoms with Crippen LogP contribution in [0.25, 0.3) is 0 Å². The smallest absolute Gasteiger partial charge is 0.147 e. The van der Waals surface area contributed by atoms with E-state index in [1.54, 1.807) is 15.0 Å². The van der Waals surface area contributed by atoms with Gasteiger partial charge in [-0.3, -0.25) is 0 Å². The molecule has 0 heterocycles. The van der Waals surface area contributed by atoms with E-state index < -0.39 is 0 Å². The molecule has 93 valence electrons. The van der Waals surface area contributed by atoms with E-state index in [2.05, 4.69) is 68.1 Å². The molecule has 0 saturated heterocycles. The molecule has 0 aromatic carbocycles. The summed E-state index contributed by atoms with van der Waals surface area (Å²) in [6.07, 6.45) is 3.60. The molecule has 1 rings (SSSR count). The molecule has 3 heteroatoms. The monoisotopic (exact) mass is 297 g/mol. The van der Waals surface area contributed by atoms with Crippen LogP contribution in [0.2, 0.25) is 0 Å². The third-order valence-corrected chi connectivity index (χ3v) is 3.48. The standard InChI is InChI=1S/C13H21.2ClH.Ti/c1-12(2,3)10-7-8-11(9-10)13(4,5)6;;;/h9H,7H2,1-6H3;2*1H;. The summed E-state index contributed by atoms with van der Waals surface area (Å²) in [4.78, 5) is 0. The maximum atomic E-state index is 2.43. The van der Waals surface area contributed by atoms with E-state index in [0.29, 0.717) is 10.8 Å². The van der Waals surface area contributed by atoms with Crippen molar-refractivity contribution < 1.29 is 20.4 Å². The van der Waals surface area contributed by atoms with Gasteiger partial charge in [0.25, 0.3) is 0 Å². The van der Waals surface area contributed by atoms with E-state index in [1.807, 2.05) is 0 Å². The molecule has 0 amide bonds. The summed E-state index contributed by atoms with van der Waals surface area (Å²) in [6, 6.07) is 0. The Kier molecular flexibility index (Phi) is 7.28. The van der Waals surface area contributed by atoms with E-state index in [9.17, 15) is 0 Å². The van der Waals surface area contributed by atoms with Crippen molar-refractivity contribution in [2.24, 2.45) is 10.8 Å². The maximum Gasteiger partial charge on any atom is -0.147 e. The molecule has 0 N–H and O–H groups in total. The van der Waals surface area contributed by atoms with Gasteiger partial charge in [-0.15, -0.1) is 24.8 Å². The average molecular weight is 298 g/mol. The van der Waals surface area contributed by atoms with Gasteiger partial charge in [-0.25, -0.2) is 0 Å². The molecule has 0 aliphatic heterocycles. The summed E-state index contributed by atoms with van der Waals surface area (Å²) >= 11 is 2.27. The van der Waals surface area contributed by atoms with Gasteiger partial charge in [0.1, 0.15) is 0 Å². The second kappa shape index (κ2) is 6.09. The first-order valence-electron chi connectivity index (χ1n) is 5.28. The third-order valence-electron chi connectivity index (χ3n) is 2.78. The topological polar surface area (TPSA) is 0 Å². The van der Waals surface area contributed by atoms with Crippen LogP contribution < -0.4 is 0 Å². The minimum Gasteiger partial charge on any atom is -0.147 e. The van der Waals surface area contributed by atoms with Gasteiger partial charge in [0.05, 0.1) is 0 Å². The van der Waals surface area contributed by atoms with Crippen molar-refractivity contribution in [3.8, 4) is 0 Å². The Morgan fingerprint density at radius 2 is 1.38 bits per heavy atom. The van der Waals surface area contributed by atoms with Crippen LogP contribution in [-0.4, -0.2) is 0 Å². The van der Waals surface area contributed by atoms with Crippen molar-refractivity contribution in [2.45, 2.75) is 48.0 Å². The summed E-state index contributed by atoms with van der Waals surface area (Å²) in [5, 5.41) is 0. The molecule has 0 spiro atoms. The third kappa shape index (κ3) is 4.57. The minimum atomic E-state index is 0. The van der Waals surface area contributed by atoms with Crippen molar-refractivity contribution in [1.82, 2.24) is 0 Å². The van der Waals surface area contributed by atoms with Crippen LogP contribution in [0.1, 0.15) is 48.0 Å². The molecule has 0 radical (unpaired) electrons. The van der Waals surface area contributed by atoms with Crippen LogP contribution >= 0.6 is 24.8 Å². The number of hydrogen-bond donors (Lipinski definition) is 0. The van der Waals surface area contributed by atoms with Crippen molar-refractivity contribution in [3.05, 3.63) is 21.1 Å². The molecule has 0 atom stereocenters. The van der Waals surface area contributed by atoms with Gasteiger partial charge in [0.2, 0.25) is 0 Å². The van der Waals surface area contributed by atoms with Gasteiger partial charge < -0.3 is 0 Å². The predicted molar refractivity (Wildman–Crippen MR) is 73.1 cm³/mol. The van der Waals surface area contributed by atoms with Crippen molar-refractivity contribution in [1.29, 1.82) is 0 Å². The zero-order valence-electron chi connectivity index (χ0n) is 11.1. The number of halogens is 2. The van der Waals surface area contributed by atoms with Crippen LogP contribution in [0.15, 0.2) is 21.1 Å². The fraction of sp³-hybridized carbons (Fsp3) is 0.692. The molecule has 0 aromatic heterocycles. The Balaban J connectivity index is 0. The van der Waals surface area contributed by atoms with Gasteiger partial charge in [0.15, 0.2) is 0 Å². The molecular weight excluding hydrogens is 275 g/mol.